The summed E-state index contributed by atoms with van der Waals surface area (Å²) in [6.07, 6.45) is 0. The zero-order valence-electron chi connectivity index (χ0n) is 15.1. The van der Waals surface area contributed by atoms with Crippen LogP contribution in [0.1, 0.15) is 33.1 Å². The molecule has 27 heavy (non-hydrogen) atoms. The lowest BCUT2D eigenvalue weighted by molar-refractivity contribution is -0.118. The predicted molar refractivity (Wildman–Crippen MR) is 103 cm³/mol. The zero-order chi connectivity index (χ0) is 19.0. The molecule has 3 aromatic rings. The van der Waals surface area contributed by atoms with Crippen molar-refractivity contribution < 1.29 is 9.59 Å². The number of aromatic nitrogens is 2. The van der Waals surface area contributed by atoms with Crippen molar-refractivity contribution in [2.75, 3.05) is 5.32 Å². The van der Waals surface area contributed by atoms with E-state index in [0.717, 1.165) is 16.8 Å². The van der Waals surface area contributed by atoms with Gasteiger partial charge in [0.05, 0.1) is 5.69 Å². The molecule has 2 N–H and O–H groups in total. The monoisotopic (exact) mass is 360 g/mol. The van der Waals surface area contributed by atoms with E-state index in [1.807, 2.05) is 43.3 Å². The summed E-state index contributed by atoms with van der Waals surface area (Å²) < 4.78 is 1.67. The molecule has 2 heterocycles. The smallest absolute Gasteiger partial charge is 0.251 e. The van der Waals surface area contributed by atoms with Gasteiger partial charge >= 0.3 is 0 Å². The molecule has 2 aromatic carbocycles. The van der Waals surface area contributed by atoms with E-state index in [-0.39, 0.29) is 17.7 Å². The highest BCUT2D eigenvalue weighted by Gasteiger charge is 2.41. The summed E-state index contributed by atoms with van der Waals surface area (Å²) in [6.45, 7) is 1.92. The van der Waals surface area contributed by atoms with Gasteiger partial charge in [0.15, 0.2) is 0 Å². The van der Waals surface area contributed by atoms with Gasteiger partial charge in [0, 0.05) is 24.1 Å². The van der Waals surface area contributed by atoms with Crippen molar-refractivity contribution in [1.29, 1.82) is 0 Å². The molecule has 1 aromatic heterocycles. The minimum absolute atomic E-state index is 0.247. The van der Waals surface area contributed by atoms with Crippen LogP contribution in [-0.2, 0) is 11.8 Å². The van der Waals surface area contributed by atoms with Gasteiger partial charge in [-0.15, -0.1) is 0 Å². The van der Waals surface area contributed by atoms with Gasteiger partial charge in [0.1, 0.15) is 11.9 Å². The first kappa shape index (κ1) is 17.0. The number of anilines is 1. The third-order valence-electron chi connectivity index (χ3n) is 4.92. The van der Waals surface area contributed by atoms with Crippen LogP contribution in [0.15, 0.2) is 60.7 Å². The molecule has 0 saturated carbocycles. The van der Waals surface area contributed by atoms with Crippen molar-refractivity contribution in [3.8, 4) is 0 Å². The van der Waals surface area contributed by atoms with Gasteiger partial charge in [-0.3, -0.25) is 14.3 Å². The number of hydrogen-bond acceptors (Lipinski definition) is 3. The van der Waals surface area contributed by atoms with E-state index in [2.05, 4.69) is 15.7 Å². The highest BCUT2D eigenvalue weighted by atomic mass is 16.2. The van der Waals surface area contributed by atoms with Crippen molar-refractivity contribution >= 4 is 17.6 Å². The molecule has 0 bridgehead atoms. The molecule has 136 valence electrons. The lowest BCUT2D eigenvalue weighted by atomic mass is 9.82. The highest BCUT2D eigenvalue weighted by molar-refractivity contribution is 6.03. The van der Waals surface area contributed by atoms with Crippen LogP contribution in [0.2, 0.25) is 0 Å². The topological polar surface area (TPSA) is 76.0 Å². The second kappa shape index (κ2) is 6.72. The largest absolute Gasteiger partial charge is 0.339 e. The standard InChI is InChI=1S/C21H20N4O2/c1-13-16-17(14-9-5-3-6-10-14)18(21(27)23-19(16)25(2)24-13)22-20(26)15-11-7-4-8-12-15/h3-12,17-18H,1-2H3,(H,22,26)(H,23,27)/t17-,18+/m1/s1. The normalized spacial score (nSPS) is 18.5. The molecule has 0 aliphatic carbocycles. The minimum atomic E-state index is -0.726. The van der Waals surface area contributed by atoms with Gasteiger partial charge in [0.2, 0.25) is 5.91 Å². The van der Waals surface area contributed by atoms with Crippen LogP contribution in [0.4, 0.5) is 5.82 Å². The molecule has 0 radical (unpaired) electrons. The van der Waals surface area contributed by atoms with Gasteiger partial charge in [-0.1, -0.05) is 48.5 Å². The fourth-order valence-corrected chi connectivity index (χ4v) is 3.69. The Morgan fingerprint density at radius 3 is 2.37 bits per heavy atom. The second-order valence-electron chi connectivity index (χ2n) is 6.67. The number of carbonyl (C=O) groups is 2. The molecule has 0 spiro atoms. The van der Waals surface area contributed by atoms with E-state index in [4.69, 9.17) is 0 Å². The molecule has 1 aliphatic rings. The van der Waals surface area contributed by atoms with Crippen LogP contribution in [0.25, 0.3) is 0 Å². The third-order valence-corrected chi connectivity index (χ3v) is 4.92. The van der Waals surface area contributed by atoms with Crippen LogP contribution in [0, 0.1) is 6.92 Å². The molecular weight excluding hydrogens is 340 g/mol. The van der Waals surface area contributed by atoms with Crippen molar-refractivity contribution in [2.24, 2.45) is 7.05 Å². The van der Waals surface area contributed by atoms with Crippen LogP contribution < -0.4 is 10.6 Å². The van der Waals surface area contributed by atoms with E-state index in [1.54, 1.807) is 36.0 Å². The fraction of sp³-hybridized carbons (Fsp3) is 0.190. The summed E-state index contributed by atoms with van der Waals surface area (Å²) in [5.41, 5.74) is 3.25. The van der Waals surface area contributed by atoms with E-state index in [9.17, 15) is 9.59 Å². The Morgan fingerprint density at radius 1 is 1.07 bits per heavy atom. The zero-order valence-corrected chi connectivity index (χ0v) is 15.1. The second-order valence-corrected chi connectivity index (χ2v) is 6.67. The molecule has 4 rings (SSSR count). The molecule has 2 amide bonds. The van der Waals surface area contributed by atoms with Crippen molar-refractivity contribution in [1.82, 2.24) is 15.1 Å². The van der Waals surface area contributed by atoms with Crippen molar-refractivity contribution in [2.45, 2.75) is 18.9 Å². The minimum Gasteiger partial charge on any atom is -0.339 e. The van der Waals surface area contributed by atoms with Crippen LogP contribution in [0.5, 0.6) is 0 Å². The lowest BCUT2D eigenvalue weighted by Crippen LogP contribution is -2.50. The maximum Gasteiger partial charge on any atom is 0.251 e. The number of aryl methyl sites for hydroxylation is 2. The molecule has 0 unspecified atom stereocenters. The average molecular weight is 360 g/mol. The average Bonchev–Trinajstić information content (AvgIpc) is 2.97. The summed E-state index contributed by atoms with van der Waals surface area (Å²) in [7, 11) is 1.80. The molecule has 1 aliphatic heterocycles. The fourth-order valence-electron chi connectivity index (χ4n) is 3.69. The van der Waals surface area contributed by atoms with Crippen molar-refractivity contribution in [3.63, 3.8) is 0 Å². The van der Waals surface area contributed by atoms with Gasteiger partial charge in [-0.2, -0.15) is 5.10 Å². The summed E-state index contributed by atoms with van der Waals surface area (Å²) in [5, 5.41) is 10.3. The first-order valence-corrected chi connectivity index (χ1v) is 8.81. The van der Waals surface area contributed by atoms with E-state index < -0.39 is 6.04 Å². The molecule has 6 nitrogen and oxygen atoms in total. The Bertz CT molecular complexity index is 996. The maximum absolute atomic E-state index is 12.9. The molecule has 0 saturated heterocycles. The Morgan fingerprint density at radius 2 is 1.70 bits per heavy atom. The number of rotatable bonds is 3. The maximum atomic E-state index is 12.9. The molecule has 0 fully saturated rings. The van der Waals surface area contributed by atoms with Gasteiger partial charge < -0.3 is 10.6 Å². The molecule has 2 atom stereocenters. The summed E-state index contributed by atoms with van der Waals surface area (Å²) >= 11 is 0. The van der Waals surface area contributed by atoms with Gasteiger partial charge in [-0.25, -0.2) is 0 Å². The van der Waals surface area contributed by atoms with E-state index >= 15 is 0 Å². The first-order valence-electron chi connectivity index (χ1n) is 8.81. The quantitative estimate of drug-likeness (QED) is 0.754. The van der Waals surface area contributed by atoms with E-state index in [0.29, 0.717) is 11.4 Å². The third kappa shape index (κ3) is 2.99. The van der Waals surface area contributed by atoms with Crippen LogP contribution in [-0.4, -0.2) is 27.6 Å². The Balaban J connectivity index is 1.78. The Labute approximate surface area is 157 Å². The number of fused-ring (bicyclic) bond motifs is 1. The summed E-state index contributed by atoms with van der Waals surface area (Å²) in [6, 6.07) is 17.9. The number of amides is 2. The molecule has 6 heteroatoms. The van der Waals surface area contributed by atoms with Crippen LogP contribution >= 0.6 is 0 Å². The summed E-state index contributed by atoms with van der Waals surface area (Å²) in [5.74, 6) is -0.154. The van der Waals surface area contributed by atoms with Gasteiger partial charge in [0.25, 0.3) is 5.91 Å². The number of nitrogens with one attached hydrogen (secondary N) is 2. The highest BCUT2D eigenvalue weighted by Crippen LogP contribution is 2.39. The Kier molecular flexibility index (Phi) is 4.24. The Hall–Kier alpha value is -3.41. The van der Waals surface area contributed by atoms with E-state index in [1.165, 1.54) is 0 Å². The van der Waals surface area contributed by atoms with Crippen molar-refractivity contribution in [3.05, 3.63) is 83.0 Å². The number of hydrogen-bond donors (Lipinski definition) is 2. The predicted octanol–water partition coefficient (Wildman–Crippen LogP) is 2.61. The number of carbonyl (C=O) groups excluding carboxylic acids is 2. The van der Waals surface area contributed by atoms with Crippen LogP contribution in [0.3, 0.4) is 0 Å². The SMILES string of the molecule is Cc1nn(C)c2c1[C@@H](c1ccccc1)[C@H](NC(=O)c1ccccc1)C(=O)N2. The lowest BCUT2D eigenvalue weighted by Gasteiger charge is -2.32. The first-order chi connectivity index (χ1) is 13.1. The summed E-state index contributed by atoms with van der Waals surface area (Å²) in [4.78, 5) is 25.6. The number of nitrogens with zero attached hydrogens (tertiary/aromatic N) is 2. The molecular formula is C21H20N4O2. The van der Waals surface area contributed by atoms with Gasteiger partial charge in [-0.05, 0) is 24.6 Å². The number of benzene rings is 2.